The fraction of sp³-hybridized carbons (Fsp3) is 0.412. The van der Waals surface area contributed by atoms with E-state index in [2.05, 4.69) is 26.3 Å². The van der Waals surface area contributed by atoms with E-state index in [1.165, 1.54) is 0 Å². The van der Waals surface area contributed by atoms with Gasteiger partial charge in [-0.15, -0.1) is 13.2 Å². The average molecular weight is 324 g/mol. The van der Waals surface area contributed by atoms with Crippen LogP contribution in [0.3, 0.4) is 0 Å². The molecule has 0 N–H and O–H groups in total. The van der Waals surface area contributed by atoms with Crippen molar-refractivity contribution in [3.63, 3.8) is 0 Å². The fourth-order valence-electron chi connectivity index (χ4n) is 1.53. The Hall–Kier alpha value is -2.18. The molecule has 0 saturated heterocycles. The van der Waals surface area contributed by atoms with Gasteiger partial charge in [-0.3, -0.25) is 0 Å². The van der Waals surface area contributed by atoms with Crippen LogP contribution in [0.15, 0.2) is 50.6 Å². The van der Waals surface area contributed by atoms with Crippen molar-refractivity contribution in [1.29, 1.82) is 0 Å². The summed E-state index contributed by atoms with van der Waals surface area (Å²) >= 11 is 0. The number of hydrogen-bond acceptors (Lipinski definition) is 6. The van der Waals surface area contributed by atoms with Crippen molar-refractivity contribution in [3.8, 4) is 0 Å². The van der Waals surface area contributed by atoms with E-state index in [0.717, 1.165) is 12.2 Å². The fourth-order valence-corrected chi connectivity index (χ4v) is 1.53. The van der Waals surface area contributed by atoms with Crippen LogP contribution < -0.4 is 0 Å². The zero-order chi connectivity index (χ0) is 17.6. The summed E-state index contributed by atoms with van der Waals surface area (Å²) in [6.07, 6.45) is 5.27. The van der Waals surface area contributed by atoms with Gasteiger partial charge in [0.1, 0.15) is 13.2 Å². The maximum Gasteiger partial charge on any atom is 0.330 e. The average Bonchev–Trinajstić information content (AvgIpc) is 2.57. The van der Waals surface area contributed by atoms with Crippen molar-refractivity contribution < 1.29 is 28.5 Å². The second-order valence-corrected chi connectivity index (χ2v) is 4.73. The molecule has 6 heteroatoms. The third kappa shape index (κ3) is 9.44. The Balaban J connectivity index is 5.02. The van der Waals surface area contributed by atoms with Crippen LogP contribution in [-0.4, -0.2) is 51.6 Å². The molecule has 0 aliphatic rings. The number of carbonyl (C=O) groups excluding carboxylic acids is 2. The standard InChI is InChI=1S/C17H24O6/c1-5-9-20-11-17(12-21-10-6-2,13-22-15(18)7-3)14-23-16(19)8-4/h5-8H,1-4,9-14H2. The van der Waals surface area contributed by atoms with Crippen LogP contribution in [0.25, 0.3) is 0 Å². The second kappa shape index (κ2) is 12.4. The van der Waals surface area contributed by atoms with Gasteiger partial charge in [-0.05, 0) is 0 Å². The van der Waals surface area contributed by atoms with Gasteiger partial charge in [0.05, 0.1) is 31.8 Å². The van der Waals surface area contributed by atoms with Crippen LogP contribution >= 0.6 is 0 Å². The summed E-state index contributed by atoms with van der Waals surface area (Å²) in [7, 11) is 0. The highest BCUT2D eigenvalue weighted by Gasteiger charge is 2.34. The van der Waals surface area contributed by atoms with Crippen molar-refractivity contribution in [2.24, 2.45) is 5.41 Å². The SMILES string of the molecule is C=CCOCC(COCC=C)(COC(=O)C=C)COC(=O)C=C. The van der Waals surface area contributed by atoms with Crippen LogP contribution in [-0.2, 0) is 28.5 Å². The van der Waals surface area contributed by atoms with Crippen LogP contribution in [0.5, 0.6) is 0 Å². The summed E-state index contributed by atoms with van der Waals surface area (Å²) in [6.45, 7) is 14.6. The van der Waals surface area contributed by atoms with Crippen molar-refractivity contribution in [2.75, 3.05) is 39.6 Å². The molecule has 0 spiro atoms. The Morgan fingerprint density at radius 2 is 1.13 bits per heavy atom. The lowest BCUT2D eigenvalue weighted by Crippen LogP contribution is -2.42. The van der Waals surface area contributed by atoms with Gasteiger partial charge in [-0.1, -0.05) is 25.3 Å². The molecule has 6 nitrogen and oxygen atoms in total. The first-order chi connectivity index (χ1) is 11.0. The molecule has 0 radical (unpaired) electrons. The lowest BCUT2D eigenvalue weighted by molar-refractivity contribution is -0.156. The van der Waals surface area contributed by atoms with Gasteiger partial charge in [0.2, 0.25) is 0 Å². The normalized spacial score (nSPS) is 10.4. The molecule has 0 aromatic carbocycles. The molecular formula is C17H24O6. The zero-order valence-corrected chi connectivity index (χ0v) is 13.3. The Bertz CT molecular complexity index is 387. The van der Waals surface area contributed by atoms with Crippen molar-refractivity contribution in [3.05, 3.63) is 50.6 Å². The molecular weight excluding hydrogens is 300 g/mol. The molecule has 0 fully saturated rings. The highest BCUT2D eigenvalue weighted by atomic mass is 16.6. The summed E-state index contributed by atoms with van der Waals surface area (Å²) in [5.74, 6) is -1.17. The number of hydrogen-bond donors (Lipinski definition) is 0. The first-order valence-corrected chi connectivity index (χ1v) is 6.99. The molecule has 0 aliphatic carbocycles. The largest absolute Gasteiger partial charge is 0.462 e. The molecule has 0 atom stereocenters. The summed E-state index contributed by atoms with van der Waals surface area (Å²) in [6, 6.07) is 0. The predicted molar refractivity (Wildman–Crippen MR) is 86.8 cm³/mol. The number of ether oxygens (including phenoxy) is 4. The third-order valence-electron chi connectivity index (χ3n) is 2.66. The van der Waals surface area contributed by atoms with E-state index in [4.69, 9.17) is 18.9 Å². The lowest BCUT2D eigenvalue weighted by Gasteiger charge is -2.31. The molecule has 0 bridgehead atoms. The number of rotatable bonds is 14. The summed E-state index contributed by atoms with van der Waals surface area (Å²) in [4.78, 5) is 22.7. The molecule has 0 aliphatic heterocycles. The minimum atomic E-state index is -0.858. The molecule has 128 valence electrons. The topological polar surface area (TPSA) is 71.1 Å². The Kier molecular flexibility index (Phi) is 11.2. The van der Waals surface area contributed by atoms with Crippen molar-refractivity contribution in [1.82, 2.24) is 0 Å². The second-order valence-electron chi connectivity index (χ2n) is 4.73. The molecule has 0 saturated carbocycles. The lowest BCUT2D eigenvalue weighted by atomic mass is 9.92. The minimum Gasteiger partial charge on any atom is -0.462 e. The summed E-state index contributed by atoms with van der Waals surface area (Å²) < 4.78 is 21.1. The van der Waals surface area contributed by atoms with Crippen molar-refractivity contribution in [2.45, 2.75) is 0 Å². The van der Waals surface area contributed by atoms with Gasteiger partial charge in [-0.25, -0.2) is 9.59 Å². The van der Waals surface area contributed by atoms with Gasteiger partial charge < -0.3 is 18.9 Å². The first kappa shape index (κ1) is 20.8. The van der Waals surface area contributed by atoms with E-state index < -0.39 is 17.4 Å². The van der Waals surface area contributed by atoms with Crippen LogP contribution in [0, 0.1) is 5.41 Å². The van der Waals surface area contributed by atoms with E-state index in [9.17, 15) is 9.59 Å². The quantitative estimate of drug-likeness (QED) is 0.210. The molecule has 23 heavy (non-hydrogen) atoms. The van der Waals surface area contributed by atoms with Gasteiger partial charge in [-0.2, -0.15) is 0 Å². The Labute approximate surface area is 137 Å². The molecule has 0 amide bonds. The summed E-state index contributed by atoms with van der Waals surface area (Å²) in [5, 5.41) is 0. The molecule has 0 heterocycles. The van der Waals surface area contributed by atoms with E-state index in [-0.39, 0.29) is 26.4 Å². The molecule has 0 aromatic heterocycles. The molecule has 0 unspecified atom stereocenters. The highest BCUT2D eigenvalue weighted by Crippen LogP contribution is 2.21. The number of esters is 2. The van der Waals surface area contributed by atoms with Crippen molar-refractivity contribution >= 4 is 11.9 Å². The van der Waals surface area contributed by atoms with Crippen LogP contribution in [0.2, 0.25) is 0 Å². The van der Waals surface area contributed by atoms with E-state index in [1.807, 2.05) is 0 Å². The molecule has 0 aromatic rings. The highest BCUT2D eigenvalue weighted by molar-refractivity contribution is 5.81. The number of carbonyl (C=O) groups is 2. The maximum absolute atomic E-state index is 11.3. The monoisotopic (exact) mass is 324 g/mol. The third-order valence-corrected chi connectivity index (χ3v) is 2.66. The molecule has 0 rings (SSSR count). The smallest absolute Gasteiger partial charge is 0.330 e. The van der Waals surface area contributed by atoms with E-state index in [1.54, 1.807) is 12.2 Å². The summed E-state index contributed by atoms with van der Waals surface area (Å²) in [5.41, 5.74) is -0.858. The first-order valence-electron chi connectivity index (χ1n) is 6.99. The predicted octanol–water partition coefficient (Wildman–Crippen LogP) is 1.84. The van der Waals surface area contributed by atoms with Gasteiger partial charge in [0.15, 0.2) is 0 Å². The Morgan fingerprint density at radius 3 is 1.43 bits per heavy atom. The van der Waals surface area contributed by atoms with Gasteiger partial charge >= 0.3 is 11.9 Å². The van der Waals surface area contributed by atoms with Gasteiger partial charge in [0.25, 0.3) is 0 Å². The Morgan fingerprint density at radius 1 is 0.739 bits per heavy atom. The van der Waals surface area contributed by atoms with Crippen LogP contribution in [0.1, 0.15) is 0 Å². The minimum absolute atomic E-state index is 0.0590. The van der Waals surface area contributed by atoms with Crippen LogP contribution in [0.4, 0.5) is 0 Å². The van der Waals surface area contributed by atoms with E-state index in [0.29, 0.717) is 13.2 Å². The zero-order valence-electron chi connectivity index (χ0n) is 13.3. The van der Waals surface area contributed by atoms with E-state index >= 15 is 0 Å². The van der Waals surface area contributed by atoms with Gasteiger partial charge in [0, 0.05) is 12.2 Å². The maximum atomic E-state index is 11.3.